The van der Waals surface area contributed by atoms with Gasteiger partial charge in [-0.15, -0.1) is 0 Å². The third kappa shape index (κ3) is 1.37. The normalized spacial score (nSPS) is 13.6. The van der Waals surface area contributed by atoms with Crippen LogP contribution in [0.15, 0.2) is 36.9 Å². The molecule has 0 aliphatic heterocycles. The number of allylic oxidation sites excluding steroid dienone is 1. The van der Waals surface area contributed by atoms with Crippen molar-refractivity contribution in [3.05, 3.63) is 47.4 Å². The van der Waals surface area contributed by atoms with Crippen LogP contribution in [0.2, 0.25) is 0 Å². The van der Waals surface area contributed by atoms with Gasteiger partial charge in [-0.1, -0.05) is 49.1 Å². The number of benzene rings is 2. The summed E-state index contributed by atoms with van der Waals surface area (Å²) in [5.41, 5.74) is 1.82. The molecule has 0 amide bonds. The maximum absolute atomic E-state index is 4.26. The van der Waals surface area contributed by atoms with E-state index in [1.54, 1.807) is 6.08 Å². The number of H-pyrrole nitrogens is 1. The van der Waals surface area contributed by atoms with E-state index in [1.807, 2.05) is 25.1 Å². The minimum absolute atomic E-state index is 0.907. The van der Waals surface area contributed by atoms with Gasteiger partial charge in [-0.25, -0.2) is 0 Å². The molecule has 0 bridgehead atoms. The molecule has 0 radical (unpaired) electrons. The molecule has 18 heavy (non-hydrogen) atoms. The average molecular weight is 235 g/mol. The Kier molecular flexibility index (Phi) is 2.45. The Balaban J connectivity index is 2.79. The number of aromatic amines is 1. The summed E-state index contributed by atoms with van der Waals surface area (Å²) >= 11 is 0. The highest BCUT2D eigenvalue weighted by molar-refractivity contribution is 6.04. The SMILES string of the molecule is C=C/C=c1\c(=C/C)c2n[nH]nc2c2ccccc12. The fourth-order valence-electron chi connectivity index (χ4n) is 2.39. The Morgan fingerprint density at radius 2 is 1.78 bits per heavy atom. The average Bonchev–Trinajstić information content (AvgIpc) is 2.88. The van der Waals surface area contributed by atoms with Gasteiger partial charge < -0.3 is 0 Å². The Hall–Kier alpha value is -2.42. The molecule has 0 aliphatic carbocycles. The van der Waals surface area contributed by atoms with Gasteiger partial charge >= 0.3 is 0 Å². The molecule has 3 nitrogen and oxygen atoms in total. The van der Waals surface area contributed by atoms with Crippen LogP contribution in [0.4, 0.5) is 0 Å². The van der Waals surface area contributed by atoms with E-state index in [0.29, 0.717) is 0 Å². The summed E-state index contributed by atoms with van der Waals surface area (Å²) < 4.78 is 0. The van der Waals surface area contributed by atoms with E-state index in [4.69, 9.17) is 0 Å². The molecule has 0 spiro atoms. The first-order valence-corrected chi connectivity index (χ1v) is 5.87. The van der Waals surface area contributed by atoms with E-state index in [-0.39, 0.29) is 0 Å². The van der Waals surface area contributed by atoms with Crippen LogP contribution in [0.25, 0.3) is 34.0 Å². The third-order valence-electron chi connectivity index (χ3n) is 3.14. The maximum atomic E-state index is 4.26. The van der Waals surface area contributed by atoms with Gasteiger partial charge in [-0.05, 0) is 17.5 Å². The van der Waals surface area contributed by atoms with E-state index < -0.39 is 0 Å². The molecule has 0 saturated carbocycles. The van der Waals surface area contributed by atoms with Crippen LogP contribution in [0.1, 0.15) is 6.92 Å². The lowest BCUT2D eigenvalue weighted by atomic mass is 10.0. The summed E-state index contributed by atoms with van der Waals surface area (Å²) in [7, 11) is 0. The van der Waals surface area contributed by atoms with Crippen LogP contribution < -0.4 is 10.4 Å². The second-order valence-electron chi connectivity index (χ2n) is 4.08. The number of hydrogen-bond donors (Lipinski definition) is 1. The molecule has 3 aromatic rings. The largest absolute Gasteiger partial charge is 0.197 e. The van der Waals surface area contributed by atoms with Crippen molar-refractivity contribution in [1.82, 2.24) is 15.4 Å². The van der Waals surface area contributed by atoms with Crippen LogP contribution in [0, 0.1) is 0 Å². The zero-order valence-electron chi connectivity index (χ0n) is 10.1. The predicted octanol–water partition coefficient (Wildman–Crippen LogP) is 1.88. The van der Waals surface area contributed by atoms with E-state index in [0.717, 1.165) is 26.9 Å². The highest BCUT2D eigenvalue weighted by Crippen LogP contribution is 2.16. The summed E-state index contributed by atoms with van der Waals surface area (Å²) in [6.45, 7) is 5.81. The minimum Gasteiger partial charge on any atom is -0.197 e. The predicted molar refractivity (Wildman–Crippen MR) is 75.4 cm³/mol. The first kappa shape index (κ1) is 10.7. The number of nitrogens with zero attached hydrogens (tertiary/aromatic N) is 2. The van der Waals surface area contributed by atoms with Gasteiger partial charge in [0, 0.05) is 10.6 Å². The summed E-state index contributed by atoms with van der Waals surface area (Å²) in [6, 6.07) is 8.23. The van der Waals surface area contributed by atoms with Crippen molar-refractivity contribution in [1.29, 1.82) is 0 Å². The fraction of sp³-hybridized carbons (Fsp3) is 0.0667. The second-order valence-corrected chi connectivity index (χ2v) is 4.08. The summed E-state index contributed by atoms with van der Waals surface area (Å²) in [5.74, 6) is 0. The van der Waals surface area contributed by atoms with Gasteiger partial charge in [0.2, 0.25) is 0 Å². The molecule has 1 aromatic heterocycles. The highest BCUT2D eigenvalue weighted by Gasteiger charge is 2.07. The van der Waals surface area contributed by atoms with E-state index >= 15 is 0 Å². The van der Waals surface area contributed by atoms with Crippen molar-refractivity contribution in [3.63, 3.8) is 0 Å². The molecule has 2 aromatic carbocycles. The summed E-state index contributed by atoms with van der Waals surface area (Å²) in [6.07, 6.45) is 5.89. The molecular weight excluding hydrogens is 222 g/mol. The van der Waals surface area contributed by atoms with Crippen molar-refractivity contribution < 1.29 is 0 Å². The van der Waals surface area contributed by atoms with Gasteiger partial charge in [-0.2, -0.15) is 15.4 Å². The molecule has 3 rings (SSSR count). The number of fused-ring (bicyclic) bond motifs is 3. The number of rotatable bonds is 1. The van der Waals surface area contributed by atoms with Gasteiger partial charge in [-0.3, -0.25) is 0 Å². The van der Waals surface area contributed by atoms with Crippen molar-refractivity contribution in [2.75, 3.05) is 0 Å². The molecule has 3 heteroatoms. The van der Waals surface area contributed by atoms with Crippen molar-refractivity contribution in [2.45, 2.75) is 6.92 Å². The van der Waals surface area contributed by atoms with Gasteiger partial charge in [0.25, 0.3) is 0 Å². The molecule has 0 saturated heterocycles. The van der Waals surface area contributed by atoms with Crippen LogP contribution in [-0.2, 0) is 0 Å². The molecule has 1 N–H and O–H groups in total. The number of nitrogens with one attached hydrogen (secondary N) is 1. The van der Waals surface area contributed by atoms with Gasteiger partial charge in [0.15, 0.2) is 0 Å². The highest BCUT2D eigenvalue weighted by atomic mass is 15.3. The molecule has 1 heterocycles. The zero-order chi connectivity index (χ0) is 12.5. The van der Waals surface area contributed by atoms with Crippen LogP contribution in [0.3, 0.4) is 0 Å². The quantitative estimate of drug-likeness (QED) is 0.699. The Morgan fingerprint density at radius 3 is 2.50 bits per heavy atom. The van der Waals surface area contributed by atoms with Crippen LogP contribution in [-0.4, -0.2) is 15.4 Å². The number of hydrogen-bond acceptors (Lipinski definition) is 2. The standard InChI is InChI=1S/C15H13N3/c1-3-7-11-10(4-2)14-15(17-18-16-14)13-9-6-5-8-12(11)13/h3-9H,1H2,2H3,(H,16,17,18)/b10-4+,11-7+. The minimum atomic E-state index is 0.907. The fourth-order valence-corrected chi connectivity index (χ4v) is 2.39. The molecule has 0 fully saturated rings. The topological polar surface area (TPSA) is 41.6 Å². The third-order valence-corrected chi connectivity index (χ3v) is 3.14. The summed E-state index contributed by atoms with van der Waals surface area (Å²) in [4.78, 5) is 0. The zero-order valence-corrected chi connectivity index (χ0v) is 10.1. The Bertz CT molecular complexity index is 856. The second kappa shape index (κ2) is 4.11. The molecule has 0 atom stereocenters. The van der Waals surface area contributed by atoms with Crippen molar-refractivity contribution >= 4 is 34.0 Å². The van der Waals surface area contributed by atoms with Gasteiger partial charge in [0.1, 0.15) is 11.0 Å². The first-order chi connectivity index (χ1) is 8.86. The molecular formula is C15H13N3. The lowest BCUT2D eigenvalue weighted by Gasteiger charge is -2.01. The lowest BCUT2D eigenvalue weighted by molar-refractivity contribution is 0.959. The van der Waals surface area contributed by atoms with Crippen LogP contribution >= 0.6 is 0 Å². The van der Waals surface area contributed by atoms with E-state index in [1.165, 1.54) is 5.39 Å². The summed E-state index contributed by atoms with van der Waals surface area (Å²) in [5, 5.41) is 15.8. The first-order valence-electron chi connectivity index (χ1n) is 5.87. The lowest BCUT2D eigenvalue weighted by Crippen LogP contribution is -2.26. The Morgan fingerprint density at radius 1 is 1.06 bits per heavy atom. The monoisotopic (exact) mass is 235 g/mol. The van der Waals surface area contributed by atoms with Gasteiger partial charge in [0.05, 0.1) is 0 Å². The Labute approximate surface area is 104 Å². The van der Waals surface area contributed by atoms with E-state index in [2.05, 4.69) is 40.2 Å². The van der Waals surface area contributed by atoms with E-state index in [9.17, 15) is 0 Å². The van der Waals surface area contributed by atoms with Crippen molar-refractivity contribution in [2.24, 2.45) is 0 Å². The molecule has 0 unspecified atom stereocenters. The molecule has 0 aliphatic rings. The number of aromatic nitrogens is 3. The van der Waals surface area contributed by atoms with Crippen molar-refractivity contribution in [3.8, 4) is 0 Å². The molecule has 88 valence electrons. The smallest absolute Gasteiger partial charge is 0.121 e. The maximum Gasteiger partial charge on any atom is 0.121 e. The van der Waals surface area contributed by atoms with Crippen LogP contribution in [0.5, 0.6) is 0 Å².